The minimum Gasteiger partial charge on any atom is -0.497 e. The van der Waals surface area contributed by atoms with Crippen molar-refractivity contribution in [2.75, 3.05) is 31.4 Å². The summed E-state index contributed by atoms with van der Waals surface area (Å²) in [5.41, 5.74) is 1.03. The van der Waals surface area contributed by atoms with Crippen LogP contribution in [0.25, 0.3) is 0 Å². The van der Waals surface area contributed by atoms with Crippen LogP contribution in [0.4, 0.5) is 5.82 Å². The highest BCUT2D eigenvalue weighted by molar-refractivity contribution is 7.98. The van der Waals surface area contributed by atoms with E-state index in [-0.39, 0.29) is 18.0 Å². The molecule has 3 aliphatic heterocycles. The summed E-state index contributed by atoms with van der Waals surface area (Å²) < 4.78 is 5.17. The maximum Gasteiger partial charge on any atom is 0.227 e. The van der Waals surface area contributed by atoms with Crippen molar-refractivity contribution in [1.82, 2.24) is 14.9 Å². The number of piperidine rings is 1. The highest BCUT2D eigenvalue weighted by Gasteiger charge is 2.47. The van der Waals surface area contributed by atoms with E-state index >= 15 is 0 Å². The van der Waals surface area contributed by atoms with Gasteiger partial charge in [-0.05, 0) is 36.4 Å². The van der Waals surface area contributed by atoms with E-state index in [4.69, 9.17) is 4.74 Å². The first-order chi connectivity index (χ1) is 12.7. The van der Waals surface area contributed by atoms with Gasteiger partial charge in [0.2, 0.25) is 5.91 Å². The van der Waals surface area contributed by atoms with Crippen molar-refractivity contribution in [3.63, 3.8) is 0 Å². The second-order valence-electron chi connectivity index (χ2n) is 6.68. The lowest BCUT2D eigenvalue weighted by atomic mass is 9.86. The molecule has 2 bridgehead atoms. The zero-order valence-electron chi connectivity index (χ0n) is 15.0. The van der Waals surface area contributed by atoms with E-state index in [0.29, 0.717) is 6.42 Å². The molecule has 26 heavy (non-hydrogen) atoms. The molecule has 0 radical (unpaired) electrons. The number of nitrogens with zero attached hydrogens (tertiary/aromatic N) is 4. The third-order valence-corrected chi connectivity index (χ3v) is 5.68. The molecule has 2 unspecified atom stereocenters. The fourth-order valence-corrected chi connectivity index (χ4v) is 4.17. The summed E-state index contributed by atoms with van der Waals surface area (Å²) in [6.07, 6.45) is 5.32. The van der Waals surface area contributed by atoms with Crippen LogP contribution in [-0.4, -0.2) is 59.3 Å². The van der Waals surface area contributed by atoms with Gasteiger partial charge in [0.1, 0.15) is 11.6 Å². The summed E-state index contributed by atoms with van der Waals surface area (Å²) in [7, 11) is 1.65. The molecule has 136 valence electrons. The third kappa shape index (κ3) is 3.23. The quantitative estimate of drug-likeness (QED) is 0.594. The van der Waals surface area contributed by atoms with Gasteiger partial charge in [0.15, 0.2) is 5.16 Å². The number of ether oxygens (including phenoxy) is 1. The summed E-state index contributed by atoms with van der Waals surface area (Å²) in [5.74, 6) is 1.98. The van der Waals surface area contributed by atoms with Gasteiger partial charge < -0.3 is 14.5 Å². The number of aromatic nitrogens is 2. The molecule has 0 spiro atoms. The highest BCUT2D eigenvalue weighted by Crippen LogP contribution is 2.34. The summed E-state index contributed by atoms with van der Waals surface area (Å²) in [5, 5.41) is 0.786. The van der Waals surface area contributed by atoms with Gasteiger partial charge in [-0.2, -0.15) is 0 Å². The minimum absolute atomic E-state index is 0.212. The molecule has 5 rings (SSSR count). The van der Waals surface area contributed by atoms with Gasteiger partial charge in [0.25, 0.3) is 0 Å². The fraction of sp³-hybridized carbons (Fsp3) is 0.421. The predicted molar refractivity (Wildman–Crippen MR) is 102 cm³/mol. The molecule has 1 amide bonds. The fourth-order valence-electron chi connectivity index (χ4n) is 3.82. The first-order valence-electron chi connectivity index (χ1n) is 8.74. The number of benzene rings is 1. The van der Waals surface area contributed by atoms with E-state index in [0.717, 1.165) is 41.8 Å². The Bertz CT molecular complexity index is 786. The van der Waals surface area contributed by atoms with Crippen molar-refractivity contribution in [2.24, 2.45) is 0 Å². The standard InChI is InChI=1S/C19H22N4O2S/c1-25-16-5-3-13(4-6-16)9-18(24)23-14-10-15(23)12-22(11-14)17-7-8-20-19(21-17)26-2/h3-8,14-15H,9-12H2,1-2H3. The molecule has 0 N–H and O–H groups in total. The molecule has 6 nitrogen and oxygen atoms in total. The normalized spacial score (nSPS) is 21.3. The van der Waals surface area contributed by atoms with Crippen molar-refractivity contribution in [1.29, 1.82) is 0 Å². The average molecular weight is 370 g/mol. The first-order valence-corrected chi connectivity index (χ1v) is 9.96. The number of carbonyl (C=O) groups is 1. The molecule has 2 atom stereocenters. The molecular weight excluding hydrogens is 348 g/mol. The van der Waals surface area contributed by atoms with Crippen LogP contribution < -0.4 is 9.64 Å². The lowest BCUT2D eigenvalue weighted by Gasteiger charge is -2.56. The molecule has 2 aromatic rings. The monoisotopic (exact) mass is 370 g/mol. The van der Waals surface area contributed by atoms with Crippen LogP contribution in [0, 0.1) is 0 Å². The van der Waals surface area contributed by atoms with Crippen molar-refractivity contribution < 1.29 is 9.53 Å². The summed E-state index contributed by atoms with van der Waals surface area (Å²) in [6.45, 7) is 1.69. The molecular formula is C19H22N4O2S. The molecule has 3 aliphatic rings. The Hall–Kier alpha value is -2.28. The Labute approximate surface area is 157 Å². The van der Waals surface area contributed by atoms with Crippen LogP contribution in [0.15, 0.2) is 41.7 Å². The molecule has 1 aromatic heterocycles. The van der Waals surface area contributed by atoms with Crippen molar-refractivity contribution in [2.45, 2.75) is 30.1 Å². The third-order valence-electron chi connectivity index (χ3n) is 5.12. The summed E-state index contributed by atoms with van der Waals surface area (Å²) >= 11 is 1.55. The van der Waals surface area contributed by atoms with E-state index < -0.39 is 0 Å². The Morgan fingerprint density at radius 2 is 1.96 bits per heavy atom. The number of methoxy groups -OCH3 is 1. The molecule has 7 heteroatoms. The number of rotatable bonds is 5. The number of amides is 1. The number of hydrogen-bond acceptors (Lipinski definition) is 6. The predicted octanol–water partition coefficient (Wildman–Crippen LogP) is 2.24. The number of anilines is 1. The smallest absolute Gasteiger partial charge is 0.227 e. The number of piperazine rings is 1. The highest BCUT2D eigenvalue weighted by atomic mass is 32.2. The van der Waals surface area contributed by atoms with Gasteiger partial charge in [0, 0.05) is 19.3 Å². The van der Waals surface area contributed by atoms with Crippen LogP contribution in [0.1, 0.15) is 12.0 Å². The summed E-state index contributed by atoms with van der Waals surface area (Å²) in [6, 6.07) is 10.2. The zero-order valence-corrected chi connectivity index (χ0v) is 15.8. The van der Waals surface area contributed by atoms with Crippen LogP contribution >= 0.6 is 11.8 Å². The van der Waals surface area contributed by atoms with Crippen molar-refractivity contribution in [3.8, 4) is 5.75 Å². The number of hydrogen-bond donors (Lipinski definition) is 0. The van der Waals surface area contributed by atoms with Gasteiger partial charge in [-0.1, -0.05) is 23.9 Å². The maximum absolute atomic E-state index is 12.8. The van der Waals surface area contributed by atoms with E-state index in [1.807, 2.05) is 36.6 Å². The molecule has 1 aromatic carbocycles. The molecule has 3 saturated heterocycles. The first kappa shape index (κ1) is 17.1. The van der Waals surface area contributed by atoms with Gasteiger partial charge in [-0.25, -0.2) is 9.97 Å². The molecule has 3 fully saturated rings. The van der Waals surface area contributed by atoms with E-state index in [2.05, 4.69) is 19.8 Å². The van der Waals surface area contributed by atoms with Crippen molar-refractivity contribution in [3.05, 3.63) is 42.1 Å². The number of fused-ring (bicyclic) bond motifs is 2. The maximum atomic E-state index is 12.8. The Balaban J connectivity index is 1.39. The molecule has 0 saturated carbocycles. The topological polar surface area (TPSA) is 58.6 Å². The van der Waals surface area contributed by atoms with E-state index in [9.17, 15) is 4.79 Å². The van der Waals surface area contributed by atoms with Gasteiger partial charge in [0.05, 0.1) is 25.6 Å². The lowest BCUT2D eigenvalue weighted by molar-refractivity contribution is -0.145. The zero-order chi connectivity index (χ0) is 18.1. The Kier molecular flexibility index (Phi) is 4.72. The summed E-state index contributed by atoms with van der Waals surface area (Å²) in [4.78, 5) is 25.9. The van der Waals surface area contributed by atoms with E-state index in [1.54, 1.807) is 25.1 Å². The van der Waals surface area contributed by atoms with Gasteiger partial charge in [-0.3, -0.25) is 4.79 Å². The SMILES string of the molecule is COc1ccc(CC(=O)N2C3CC2CN(c2ccnc(SC)n2)C3)cc1. The second-order valence-corrected chi connectivity index (χ2v) is 7.45. The van der Waals surface area contributed by atoms with Crippen LogP contribution in [0.3, 0.4) is 0 Å². The van der Waals surface area contributed by atoms with Crippen molar-refractivity contribution >= 4 is 23.5 Å². The average Bonchev–Trinajstić information content (AvgIpc) is 2.68. The largest absolute Gasteiger partial charge is 0.497 e. The van der Waals surface area contributed by atoms with Crippen LogP contribution in [0.2, 0.25) is 0 Å². The minimum atomic E-state index is 0.212. The van der Waals surface area contributed by atoms with Crippen LogP contribution in [0.5, 0.6) is 5.75 Å². The van der Waals surface area contributed by atoms with Gasteiger partial charge in [-0.15, -0.1) is 0 Å². The lowest BCUT2D eigenvalue weighted by Crippen LogP contribution is -2.70. The Morgan fingerprint density at radius 3 is 2.62 bits per heavy atom. The van der Waals surface area contributed by atoms with E-state index in [1.165, 1.54) is 0 Å². The second kappa shape index (κ2) is 7.15. The molecule has 4 heterocycles. The number of carbonyl (C=O) groups excluding carboxylic acids is 1. The van der Waals surface area contributed by atoms with Crippen LogP contribution in [-0.2, 0) is 11.2 Å². The Morgan fingerprint density at radius 1 is 1.23 bits per heavy atom. The molecule has 0 aliphatic carbocycles. The number of thioether (sulfide) groups is 1. The van der Waals surface area contributed by atoms with Gasteiger partial charge >= 0.3 is 0 Å².